The normalized spacial score (nSPS) is 32.8. The van der Waals surface area contributed by atoms with Gasteiger partial charge in [-0.15, -0.1) is 0 Å². The Bertz CT molecular complexity index is 537. The molecule has 2 rings (SSSR count). The first-order valence-corrected chi connectivity index (χ1v) is 9.10. The summed E-state index contributed by atoms with van der Waals surface area (Å²) in [5.41, 5.74) is 0.189. The zero-order chi connectivity index (χ0) is 19.5. The average molecular weight is 366 g/mol. The molecule has 4 atom stereocenters. The average Bonchev–Trinajstić information content (AvgIpc) is 2.58. The molecule has 2 saturated heterocycles. The summed E-state index contributed by atoms with van der Waals surface area (Å²) < 4.78 is 22.5. The van der Waals surface area contributed by atoms with Crippen LogP contribution in [0.4, 0.5) is 0 Å². The summed E-state index contributed by atoms with van der Waals surface area (Å²) >= 11 is 0. The van der Waals surface area contributed by atoms with E-state index in [4.69, 9.17) is 18.9 Å². The minimum Gasteiger partial charge on any atom is -0.462 e. The predicted octanol–water partition coefficient (Wildman–Crippen LogP) is 2.82. The van der Waals surface area contributed by atoms with E-state index in [1.165, 1.54) is 0 Å². The summed E-state index contributed by atoms with van der Waals surface area (Å²) in [6, 6.07) is 0. The van der Waals surface area contributed by atoms with Gasteiger partial charge >= 0.3 is 11.9 Å². The number of rotatable bonds is 9. The molecule has 0 aromatic carbocycles. The summed E-state index contributed by atoms with van der Waals surface area (Å²) in [4.78, 5) is 23.5. The monoisotopic (exact) mass is 366 g/mol. The molecule has 2 aliphatic heterocycles. The van der Waals surface area contributed by atoms with Crippen molar-refractivity contribution < 1.29 is 28.5 Å². The molecule has 2 heterocycles. The van der Waals surface area contributed by atoms with E-state index in [9.17, 15) is 9.59 Å². The Hall–Kier alpha value is -1.66. The Morgan fingerprint density at radius 1 is 0.885 bits per heavy atom. The summed E-state index contributed by atoms with van der Waals surface area (Å²) in [6.45, 7) is 16.2. The Morgan fingerprint density at radius 2 is 1.23 bits per heavy atom. The standard InChI is InChI=1S/C20H30O6/c1-7-19(11-25-17(21)13(3)4)9-23-15(19)16-20(8-2,10-24-16)12-26-18(22)14(5)6/h15-16H,3,5,7-12H2,1-2,4,6H3. The zero-order valence-electron chi connectivity index (χ0n) is 16.3. The van der Waals surface area contributed by atoms with Crippen molar-refractivity contribution >= 4 is 11.9 Å². The highest BCUT2D eigenvalue weighted by atomic mass is 16.6. The zero-order valence-corrected chi connectivity index (χ0v) is 16.3. The second kappa shape index (κ2) is 7.92. The highest BCUT2D eigenvalue weighted by Crippen LogP contribution is 2.51. The van der Waals surface area contributed by atoms with Gasteiger partial charge in [0, 0.05) is 11.1 Å². The van der Waals surface area contributed by atoms with Gasteiger partial charge < -0.3 is 18.9 Å². The first-order valence-electron chi connectivity index (χ1n) is 9.10. The number of esters is 2. The van der Waals surface area contributed by atoms with Crippen molar-refractivity contribution in [3.63, 3.8) is 0 Å². The largest absolute Gasteiger partial charge is 0.462 e. The van der Waals surface area contributed by atoms with Crippen LogP contribution in [0.5, 0.6) is 0 Å². The van der Waals surface area contributed by atoms with Gasteiger partial charge in [0.05, 0.1) is 36.3 Å². The molecule has 146 valence electrons. The number of hydrogen-bond acceptors (Lipinski definition) is 6. The van der Waals surface area contributed by atoms with Gasteiger partial charge in [0.2, 0.25) is 0 Å². The van der Waals surface area contributed by atoms with Gasteiger partial charge in [-0.2, -0.15) is 0 Å². The van der Waals surface area contributed by atoms with Crippen molar-refractivity contribution in [2.75, 3.05) is 26.4 Å². The number of carbonyl (C=O) groups is 2. The summed E-state index contributed by atoms with van der Waals surface area (Å²) in [5.74, 6) is -0.787. The van der Waals surface area contributed by atoms with E-state index >= 15 is 0 Å². The highest BCUT2D eigenvalue weighted by Gasteiger charge is 2.62. The van der Waals surface area contributed by atoms with Crippen molar-refractivity contribution in [1.29, 1.82) is 0 Å². The SMILES string of the molecule is C=C(C)C(=O)OCC1(CC)COC1C1OCC1(CC)COC(=O)C(=C)C. The van der Waals surface area contributed by atoms with Gasteiger partial charge in [-0.1, -0.05) is 27.0 Å². The van der Waals surface area contributed by atoms with E-state index in [1.807, 2.05) is 0 Å². The van der Waals surface area contributed by atoms with E-state index in [0.717, 1.165) is 12.8 Å². The van der Waals surface area contributed by atoms with Crippen LogP contribution in [-0.4, -0.2) is 50.6 Å². The summed E-state index contributed by atoms with van der Waals surface area (Å²) in [7, 11) is 0. The van der Waals surface area contributed by atoms with Crippen LogP contribution in [-0.2, 0) is 28.5 Å². The molecule has 0 amide bonds. The number of ether oxygens (including phenoxy) is 4. The topological polar surface area (TPSA) is 71.1 Å². The number of hydrogen-bond donors (Lipinski definition) is 0. The van der Waals surface area contributed by atoms with E-state index in [0.29, 0.717) is 24.4 Å². The number of carbonyl (C=O) groups excluding carboxylic acids is 2. The molecule has 6 nitrogen and oxygen atoms in total. The van der Waals surface area contributed by atoms with Crippen LogP contribution in [0.25, 0.3) is 0 Å². The van der Waals surface area contributed by atoms with Crippen molar-refractivity contribution in [2.45, 2.75) is 52.7 Å². The molecule has 2 fully saturated rings. The van der Waals surface area contributed by atoms with Gasteiger partial charge in [0.1, 0.15) is 13.2 Å². The molecule has 0 aromatic rings. The predicted molar refractivity (Wildman–Crippen MR) is 96.5 cm³/mol. The maximum Gasteiger partial charge on any atom is 0.333 e. The second-order valence-corrected chi connectivity index (χ2v) is 7.61. The smallest absolute Gasteiger partial charge is 0.333 e. The van der Waals surface area contributed by atoms with Crippen LogP contribution in [0.15, 0.2) is 24.3 Å². The van der Waals surface area contributed by atoms with Crippen molar-refractivity contribution in [1.82, 2.24) is 0 Å². The Kier molecular flexibility index (Phi) is 6.29. The molecule has 26 heavy (non-hydrogen) atoms. The molecule has 2 aliphatic rings. The minimum absolute atomic E-state index is 0.192. The van der Waals surface area contributed by atoms with E-state index < -0.39 is 11.9 Å². The molecule has 0 aromatic heterocycles. The van der Waals surface area contributed by atoms with Gasteiger partial charge in [0.25, 0.3) is 0 Å². The molecule has 4 unspecified atom stereocenters. The van der Waals surface area contributed by atoms with Gasteiger partial charge in [-0.3, -0.25) is 0 Å². The van der Waals surface area contributed by atoms with Crippen LogP contribution in [0.2, 0.25) is 0 Å². The van der Waals surface area contributed by atoms with Crippen LogP contribution in [0, 0.1) is 10.8 Å². The summed E-state index contributed by atoms with van der Waals surface area (Å²) in [5, 5.41) is 0. The second-order valence-electron chi connectivity index (χ2n) is 7.61. The maximum atomic E-state index is 11.8. The Balaban J connectivity index is 2.05. The Labute approximate surface area is 155 Å². The maximum absolute atomic E-state index is 11.8. The van der Waals surface area contributed by atoms with Crippen molar-refractivity contribution in [3.8, 4) is 0 Å². The van der Waals surface area contributed by atoms with Gasteiger partial charge in [0.15, 0.2) is 0 Å². The molecule has 0 radical (unpaired) electrons. The van der Waals surface area contributed by atoms with Crippen LogP contribution in [0.1, 0.15) is 40.5 Å². The molecule has 0 N–H and O–H groups in total. The van der Waals surface area contributed by atoms with E-state index in [-0.39, 0.29) is 36.3 Å². The van der Waals surface area contributed by atoms with Gasteiger partial charge in [-0.25, -0.2) is 9.59 Å². The van der Waals surface area contributed by atoms with E-state index in [2.05, 4.69) is 27.0 Å². The lowest BCUT2D eigenvalue weighted by molar-refractivity contribution is -0.326. The van der Waals surface area contributed by atoms with Crippen molar-refractivity contribution in [3.05, 3.63) is 24.3 Å². The van der Waals surface area contributed by atoms with Crippen LogP contribution in [0.3, 0.4) is 0 Å². The molecule has 0 bridgehead atoms. The van der Waals surface area contributed by atoms with Crippen molar-refractivity contribution in [2.24, 2.45) is 10.8 Å². The first-order chi connectivity index (χ1) is 12.2. The molecular weight excluding hydrogens is 336 g/mol. The van der Waals surface area contributed by atoms with E-state index in [1.54, 1.807) is 13.8 Å². The molecular formula is C20H30O6. The fourth-order valence-electron chi connectivity index (χ4n) is 3.37. The summed E-state index contributed by atoms with van der Waals surface area (Å²) in [6.07, 6.45) is 1.21. The first kappa shape index (κ1) is 20.6. The third-order valence-corrected chi connectivity index (χ3v) is 5.67. The lowest BCUT2D eigenvalue weighted by Crippen LogP contribution is -2.70. The van der Waals surface area contributed by atoms with Crippen LogP contribution >= 0.6 is 0 Å². The van der Waals surface area contributed by atoms with Crippen LogP contribution < -0.4 is 0 Å². The molecule has 0 aliphatic carbocycles. The highest BCUT2D eigenvalue weighted by molar-refractivity contribution is 5.87. The third-order valence-electron chi connectivity index (χ3n) is 5.67. The fraction of sp³-hybridized carbons (Fsp3) is 0.700. The quantitative estimate of drug-likeness (QED) is 0.462. The molecule has 6 heteroatoms. The lowest BCUT2D eigenvalue weighted by Gasteiger charge is -2.59. The Morgan fingerprint density at radius 3 is 1.42 bits per heavy atom. The molecule has 0 saturated carbocycles. The third kappa shape index (κ3) is 3.71. The minimum atomic E-state index is -0.393. The molecule has 0 spiro atoms. The fourth-order valence-corrected chi connectivity index (χ4v) is 3.37. The lowest BCUT2D eigenvalue weighted by atomic mass is 9.64. The van der Waals surface area contributed by atoms with Gasteiger partial charge in [-0.05, 0) is 26.7 Å².